The zero-order chi connectivity index (χ0) is 23.8. The van der Waals surface area contributed by atoms with Gasteiger partial charge in [-0.3, -0.25) is 9.09 Å². The number of phosphoric acid groups is 2. The van der Waals surface area contributed by atoms with Crippen LogP contribution in [0, 0.1) is 0 Å². The summed E-state index contributed by atoms with van der Waals surface area (Å²) < 4.78 is 38.6. The average molecular weight is 489 g/mol. The number of quaternary nitrogens is 1. The Morgan fingerprint density at radius 1 is 1.26 bits per heavy atom. The summed E-state index contributed by atoms with van der Waals surface area (Å²) in [6, 6.07) is 1.26. The fourth-order valence-electron chi connectivity index (χ4n) is 2.96. The molecule has 1 aromatic rings. The summed E-state index contributed by atoms with van der Waals surface area (Å²) in [6.45, 7) is 0.303. The maximum Gasteiger partial charge on any atom is 0.481 e. The van der Waals surface area contributed by atoms with E-state index in [0.717, 1.165) is 4.57 Å². The first-order valence-corrected chi connectivity index (χ1v) is 12.0. The number of aliphatic hydroxyl groups is 2. The molecule has 15 nitrogen and oxygen atoms in total. The number of ether oxygens (including phenoxy) is 1. The minimum atomic E-state index is -5.39. The predicted molar refractivity (Wildman–Crippen MR) is 104 cm³/mol. The van der Waals surface area contributed by atoms with E-state index in [1.807, 2.05) is 0 Å². The van der Waals surface area contributed by atoms with Crippen molar-refractivity contribution in [3.63, 3.8) is 0 Å². The third kappa shape index (κ3) is 7.41. The molecule has 1 aliphatic rings. The van der Waals surface area contributed by atoms with Gasteiger partial charge in [-0.2, -0.15) is 9.29 Å². The van der Waals surface area contributed by atoms with Crippen molar-refractivity contribution < 1.29 is 52.1 Å². The van der Waals surface area contributed by atoms with Crippen molar-refractivity contribution in [1.82, 2.24) is 9.55 Å². The van der Waals surface area contributed by atoms with Crippen molar-refractivity contribution >= 4 is 21.5 Å². The van der Waals surface area contributed by atoms with Gasteiger partial charge in [-0.05, 0) is 6.07 Å². The Labute approximate surface area is 177 Å². The van der Waals surface area contributed by atoms with Crippen molar-refractivity contribution in [3.05, 3.63) is 22.7 Å². The van der Waals surface area contributed by atoms with Gasteiger partial charge < -0.3 is 39.8 Å². The van der Waals surface area contributed by atoms with Gasteiger partial charge in [0.05, 0.1) is 27.7 Å². The second-order valence-electron chi connectivity index (χ2n) is 8.00. The summed E-state index contributed by atoms with van der Waals surface area (Å²) in [5, 5.41) is 20.9. The number of nitrogens with two attached hydrogens (primary N) is 1. The van der Waals surface area contributed by atoms with Gasteiger partial charge in [0, 0.05) is 12.6 Å². The van der Waals surface area contributed by atoms with Crippen molar-refractivity contribution in [2.45, 2.75) is 37.1 Å². The molecule has 1 fully saturated rings. The summed E-state index contributed by atoms with van der Waals surface area (Å²) in [4.78, 5) is 43.0. The molecule has 31 heavy (non-hydrogen) atoms. The lowest BCUT2D eigenvalue weighted by atomic mass is 10.0. The molecule has 0 aromatic carbocycles. The van der Waals surface area contributed by atoms with Crippen LogP contribution in [-0.2, 0) is 22.7 Å². The smallest absolute Gasteiger partial charge is 0.387 e. The molecule has 0 radical (unpaired) electrons. The van der Waals surface area contributed by atoms with Crippen LogP contribution < -0.4 is 11.4 Å². The van der Waals surface area contributed by atoms with E-state index >= 15 is 0 Å². The van der Waals surface area contributed by atoms with Crippen LogP contribution in [0.5, 0.6) is 0 Å². The zero-order valence-corrected chi connectivity index (χ0v) is 18.7. The van der Waals surface area contributed by atoms with Crippen LogP contribution in [0.4, 0.5) is 5.82 Å². The number of aliphatic hydroxyl groups excluding tert-OH is 2. The molecule has 2 rings (SSSR count). The highest BCUT2D eigenvalue weighted by atomic mass is 31.3. The zero-order valence-electron chi connectivity index (χ0n) is 17.0. The van der Waals surface area contributed by atoms with Crippen molar-refractivity contribution in [2.75, 3.05) is 33.4 Å². The van der Waals surface area contributed by atoms with Gasteiger partial charge in [-0.15, -0.1) is 0 Å². The molecular formula is C14H27N4O11P2+. The van der Waals surface area contributed by atoms with Crippen LogP contribution >= 0.6 is 15.6 Å². The van der Waals surface area contributed by atoms with E-state index in [0.29, 0.717) is 11.0 Å². The van der Waals surface area contributed by atoms with E-state index in [9.17, 15) is 29.0 Å². The van der Waals surface area contributed by atoms with E-state index < -0.39 is 52.0 Å². The van der Waals surface area contributed by atoms with Crippen LogP contribution in [-0.4, -0.2) is 91.0 Å². The summed E-state index contributed by atoms with van der Waals surface area (Å²) >= 11 is 0. The summed E-state index contributed by atoms with van der Waals surface area (Å²) in [5.74, 6) is -0.0780. The van der Waals surface area contributed by atoms with Gasteiger partial charge in [0.1, 0.15) is 30.2 Å². The number of nitrogen functional groups attached to an aromatic ring is 1. The minimum Gasteiger partial charge on any atom is -0.387 e. The molecule has 17 heteroatoms. The second-order valence-corrected chi connectivity index (χ2v) is 10.8. The standard InChI is InChI=1S/C14H26N4O11P2/c1-18(2,3)7-5-8(28-31(25,26)29-30(22,23)24)12-10(19)11(20)13(27-12)17-6-4-9(15)16-14(17)21/h4,6,8,10-13,19-20H,5,7H2,1-3H3,(H4-,15,16,21,22,23,24,25,26)/p+1/t8?,10-,11+,12+,13+/m0/s1. The van der Waals surface area contributed by atoms with Gasteiger partial charge in [0.25, 0.3) is 0 Å². The molecule has 6 atom stereocenters. The first-order valence-electron chi connectivity index (χ1n) is 8.94. The lowest BCUT2D eigenvalue weighted by Gasteiger charge is -2.30. The number of hydrogen-bond donors (Lipinski definition) is 6. The van der Waals surface area contributed by atoms with E-state index in [1.54, 1.807) is 21.1 Å². The highest BCUT2D eigenvalue weighted by Gasteiger charge is 2.50. The molecule has 0 aliphatic carbocycles. The topological polar surface area (TPSA) is 224 Å². The lowest BCUT2D eigenvalue weighted by Crippen LogP contribution is -2.44. The fraction of sp³-hybridized carbons (Fsp3) is 0.714. The minimum absolute atomic E-state index is 0.0470. The number of hydrogen-bond acceptors (Lipinski definition) is 10. The normalized spacial score (nSPS) is 27.7. The van der Waals surface area contributed by atoms with Crippen molar-refractivity contribution in [1.29, 1.82) is 0 Å². The Morgan fingerprint density at radius 3 is 2.39 bits per heavy atom. The Hall–Kier alpha value is -1.22. The van der Waals surface area contributed by atoms with Gasteiger partial charge in [-0.1, -0.05) is 0 Å². The van der Waals surface area contributed by atoms with E-state index in [2.05, 4.69) is 9.29 Å². The molecule has 0 bridgehead atoms. The van der Waals surface area contributed by atoms with Crippen molar-refractivity contribution in [2.24, 2.45) is 0 Å². The van der Waals surface area contributed by atoms with Crippen LogP contribution in [0.25, 0.3) is 0 Å². The number of anilines is 1. The molecule has 178 valence electrons. The monoisotopic (exact) mass is 489 g/mol. The van der Waals surface area contributed by atoms with Crippen LogP contribution in [0.2, 0.25) is 0 Å². The van der Waals surface area contributed by atoms with Gasteiger partial charge in [0.2, 0.25) is 0 Å². The van der Waals surface area contributed by atoms with Crippen LogP contribution in [0.3, 0.4) is 0 Å². The van der Waals surface area contributed by atoms with Gasteiger partial charge in [-0.25, -0.2) is 13.9 Å². The molecule has 1 saturated heterocycles. The van der Waals surface area contributed by atoms with Crippen LogP contribution in [0.15, 0.2) is 17.1 Å². The molecule has 1 aromatic heterocycles. The molecule has 1 aliphatic heterocycles. The lowest BCUT2D eigenvalue weighted by molar-refractivity contribution is -0.870. The highest BCUT2D eigenvalue weighted by molar-refractivity contribution is 7.60. The Morgan fingerprint density at radius 2 is 1.87 bits per heavy atom. The largest absolute Gasteiger partial charge is 0.481 e. The molecule has 0 spiro atoms. The average Bonchev–Trinajstić information content (AvgIpc) is 2.84. The number of phosphoric ester groups is 1. The first kappa shape index (κ1) is 26.0. The predicted octanol–water partition coefficient (Wildman–Crippen LogP) is -1.86. The molecular weight excluding hydrogens is 462 g/mol. The highest BCUT2D eigenvalue weighted by Crippen LogP contribution is 2.59. The summed E-state index contributed by atoms with van der Waals surface area (Å²) in [7, 11) is -5.29. The second kappa shape index (κ2) is 9.33. The van der Waals surface area contributed by atoms with Gasteiger partial charge in [0.15, 0.2) is 6.23 Å². The number of nitrogens with zero attached hydrogens (tertiary/aromatic N) is 3. The SMILES string of the molecule is C[N+](C)(C)CCC(OP(=O)(O)OP(=O)(O)O)[C@H]1O[C@@H](n2ccc(N)nc2=O)[C@H](O)[C@@H]1O. The number of aromatic nitrogens is 2. The Bertz CT molecular complexity index is 930. The van der Waals surface area contributed by atoms with E-state index in [-0.39, 0.29) is 12.2 Å². The van der Waals surface area contributed by atoms with Crippen molar-refractivity contribution in [3.8, 4) is 0 Å². The first-order chi connectivity index (χ1) is 14.0. The Kier molecular flexibility index (Phi) is 7.84. The third-order valence-corrected chi connectivity index (χ3v) is 6.54. The Balaban J connectivity index is 2.32. The molecule has 7 N–H and O–H groups in total. The maximum atomic E-state index is 12.1. The molecule has 0 saturated carbocycles. The summed E-state index contributed by atoms with van der Waals surface area (Å²) in [6.07, 6.45) is -6.57. The molecule has 2 unspecified atom stereocenters. The van der Waals surface area contributed by atoms with E-state index in [4.69, 9.17) is 24.8 Å². The third-order valence-electron chi connectivity index (χ3n) is 4.33. The fourth-order valence-corrected chi connectivity index (χ4v) is 4.76. The molecule has 2 heterocycles. The van der Waals surface area contributed by atoms with Crippen LogP contribution in [0.1, 0.15) is 12.6 Å². The van der Waals surface area contributed by atoms with Gasteiger partial charge >= 0.3 is 21.3 Å². The van der Waals surface area contributed by atoms with E-state index in [1.165, 1.54) is 12.3 Å². The maximum absolute atomic E-state index is 12.1. The number of rotatable bonds is 9. The quantitative estimate of drug-likeness (QED) is 0.165. The molecule has 0 amide bonds. The summed E-state index contributed by atoms with van der Waals surface area (Å²) in [5.41, 5.74) is 4.55.